The van der Waals surface area contributed by atoms with Crippen molar-refractivity contribution in [3.8, 4) is 0 Å². The van der Waals surface area contributed by atoms with Gasteiger partial charge in [-0.25, -0.2) is 10.8 Å². The van der Waals surface area contributed by atoms with E-state index in [1.54, 1.807) is 11.3 Å². The van der Waals surface area contributed by atoms with Crippen LogP contribution in [0.5, 0.6) is 0 Å². The number of nitrogen functional groups attached to an aromatic ring is 1. The van der Waals surface area contributed by atoms with E-state index in [0.717, 1.165) is 5.52 Å². The Hall–Kier alpha value is -1.13. The number of anilines is 1. The van der Waals surface area contributed by atoms with Gasteiger partial charge in [0.2, 0.25) is 0 Å². The normalized spacial score (nSPS) is 10.3. The molecule has 4 heteroatoms. The molecule has 0 saturated heterocycles. The Morgan fingerprint density at radius 1 is 1.36 bits per heavy atom. The summed E-state index contributed by atoms with van der Waals surface area (Å²) in [7, 11) is 0. The maximum atomic E-state index is 5.20. The van der Waals surface area contributed by atoms with E-state index in [2.05, 4.69) is 10.4 Å². The molecule has 0 fully saturated rings. The number of thiophene rings is 1. The number of nitrogens with two attached hydrogens (primary N) is 1. The highest BCUT2D eigenvalue weighted by Crippen LogP contribution is 2.19. The highest BCUT2D eigenvalue weighted by Gasteiger charge is 1.95. The third-order valence-electron chi connectivity index (χ3n) is 1.45. The molecule has 3 N–H and O–H groups in total. The standard InChI is InChI=1S/C7H7N3S/c8-10-7-2-1-6-5(9-7)3-4-11-6/h1-4H,8H2,(H,9,10). The van der Waals surface area contributed by atoms with Crippen LogP contribution in [0.25, 0.3) is 10.2 Å². The fraction of sp³-hybridized carbons (Fsp3) is 0. The van der Waals surface area contributed by atoms with E-state index in [9.17, 15) is 0 Å². The van der Waals surface area contributed by atoms with E-state index < -0.39 is 0 Å². The van der Waals surface area contributed by atoms with Crippen LogP contribution in [-0.4, -0.2) is 4.98 Å². The van der Waals surface area contributed by atoms with Gasteiger partial charge >= 0.3 is 0 Å². The van der Waals surface area contributed by atoms with E-state index in [-0.39, 0.29) is 0 Å². The number of pyridine rings is 1. The first-order valence-electron chi connectivity index (χ1n) is 3.21. The Morgan fingerprint density at radius 3 is 3.09 bits per heavy atom. The number of fused-ring (bicyclic) bond motifs is 1. The van der Waals surface area contributed by atoms with Gasteiger partial charge in [0, 0.05) is 0 Å². The fourth-order valence-corrected chi connectivity index (χ4v) is 1.66. The van der Waals surface area contributed by atoms with Crippen LogP contribution in [0.3, 0.4) is 0 Å². The van der Waals surface area contributed by atoms with Crippen molar-refractivity contribution in [2.75, 3.05) is 5.43 Å². The number of hydrazine groups is 1. The van der Waals surface area contributed by atoms with Crippen LogP contribution in [0.15, 0.2) is 23.6 Å². The van der Waals surface area contributed by atoms with Crippen molar-refractivity contribution in [1.82, 2.24) is 4.98 Å². The summed E-state index contributed by atoms with van der Waals surface area (Å²) in [5.74, 6) is 5.91. The molecule has 2 aromatic heterocycles. The lowest BCUT2D eigenvalue weighted by Crippen LogP contribution is -2.07. The van der Waals surface area contributed by atoms with Gasteiger partial charge in [-0.15, -0.1) is 11.3 Å². The molecule has 0 saturated carbocycles. The summed E-state index contributed by atoms with van der Waals surface area (Å²) in [6.45, 7) is 0. The molecular formula is C7H7N3S. The molecule has 0 amide bonds. The molecule has 0 aliphatic heterocycles. The van der Waals surface area contributed by atoms with Crippen molar-refractivity contribution in [2.24, 2.45) is 5.84 Å². The van der Waals surface area contributed by atoms with Gasteiger partial charge in [-0.1, -0.05) is 0 Å². The van der Waals surface area contributed by atoms with Crippen LogP contribution in [0, 0.1) is 0 Å². The smallest absolute Gasteiger partial charge is 0.140 e. The van der Waals surface area contributed by atoms with Crippen molar-refractivity contribution in [3.05, 3.63) is 23.6 Å². The van der Waals surface area contributed by atoms with E-state index in [4.69, 9.17) is 5.84 Å². The number of hydrogen-bond donors (Lipinski definition) is 2. The molecule has 0 bridgehead atoms. The van der Waals surface area contributed by atoms with Crippen molar-refractivity contribution < 1.29 is 0 Å². The first kappa shape index (κ1) is 6.57. The van der Waals surface area contributed by atoms with Gasteiger partial charge in [-0.3, -0.25) is 0 Å². The lowest BCUT2D eigenvalue weighted by molar-refractivity contribution is 1.27. The molecule has 0 spiro atoms. The van der Waals surface area contributed by atoms with Crippen molar-refractivity contribution in [1.29, 1.82) is 0 Å². The molecule has 3 nitrogen and oxygen atoms in total. The highest BCUT2D eigenvalue weighted by molar-refractivity contribution is 7.17. The Balaban J connectivity index is 2.67. The van der Waals surface area contributed by atoms with Crippen molar-refractivity contribution in [3.63, 3.8) is 0 Å². The van der Waals surface area contributed by atoms with E-state index in [1.165, 1.54) is 4.70 Å². The second-order valence-electron chi connectivity index (χ2n) is 2.14. The summed E-state index contributed by atoms with van der Waals surface area (Å²) in [5, 5.41) is 2.01. The molecule has 0 aliphatic carbocycles. The quantitative estimate of drug-likeness (QED) is 0.498. The molecule has 0 radical (unpaired) electrons. The maximum Gasteiger partial charge on any atom is 0.140 e. The first-order chi connectivity index (χ1) is 5.40. The average Bonchev–Trinajstić information content (AvgIpc) is 2.50. The Kier molecular flexibility index (Phi) is 1.48. The molecule has 0 unspecified atom stereocenters. The monoisotopic (exact) mass is 165 g/mol. The third kappa shape index (κ3) is 1.06. The van der Waals surface area contributed by atoms with Gasteiger partial charge in [0.25, 0.3) is 0 Å². The number of nitrogens with zero attached hydrogens (tertiary/aromatic N) is 1. The molecule has 2 rings (SSSR count). The van der Waals surface area contributed by atoms with Crippen LogP contribution >= 0.6 is 11.3 Å². The third-order valence-corrected chi connectivity index (χ3v) is 2.33. The fourth-order valence-electron chi connectivity index (χ4n) is 0.933. The van der Waals surface area contributed by atoms with Crippen LogP contribution in [0.1, 0.15) is 0 Å². The van der Waals surface area contributed by atoms with Gasteiger partial charge in [-0.2, -0.15) is 0 Å². The maximum absolute atomic E-state index is 5.20. The lowest BCUT2D eigenvalue weighted by Gasteiger charge is -1.96. The molecular weight excluding hydrogens is 158 g/mol. The summed E-state index contributed by atoms with van der Waals surface area (Å²) in [6, 6.07) is 5.84. The second kappa shape index (κ2) is 2.48. The lowest BCUT2D eigenvalue weighted by atomic mass is 10.4. The minimum absolute atomic E-state index is 0.705. The molecule has 56 valence electrons. The minimum atomic E-state index is 0.705. The summed E-state index contributed by atoms with van der Waals surface area (Å²) in [6.07, 6.45) is 0. The van der Waals surface area contributed by atoms with Gasteiger partial charge in [0.1, 0.15) is 5.82 Å². The van der Waals surface area contributed by atoms with Crippen molar-refractivity contribution in [2.45, 2.75) is 0 Å². The predicted octanol–water partition coefficient (Wildman–Crippen LogP) is 1.58. The zero-order chi connectivity index (χ0) is 7.68. The number of rotatable bonds is 1. The summed E-state index contributed by atoms with van der Waals surface area (Å²) in [4.78, 5) is 4.23. The summed E-state index contributed by atoms with van der Waals surface area (Å²) in [5.41, 5.74) is 3.49. The largest absolute Gasteiger partial charge is 0.308 e. The van der Waals surface area contributed by atoms with Crippen LogP contribution in [0.2, 0.25) is 0 Å². The minimum Gasteiger partial charge on any atom is -0.308 e. The van der Waals surface area contributed by atoms with Gasteiger partial charge in [-0.05, 0) is 23.6 Å². The Bertz CT molecular complexity index is 368. The number of hydrogen-bond acceptors (Lipinski definition) is 4. The molecule has 2 heterocycles. The van der Waals surface area contributed by atoms with Gasteiger partial charge in [0.05, 0.1) is 10.2 Å². The zero-order valence-electron chi connectivity index (χ0n) is 5.74. The van der Waals surface area contributed by atoms with Crippen molar-refractivity contribution >= 4 is 27.4 Å². The molecule has 0 aliphatic rings. The van der Waals surface area contributed by atoms with E-state index >= 15 is 0 Å². The van der Waals surface area contributed by atoms with Crippen LogP contribution in [0.4, 0.5) is 5.82 Å². The second-order valence-corrected chi connectivity index (χ2v) is 3.09. The van der Waals surface area contributed by atoms with E-state index in [1.807, 2.05) is 23.6 Å². The van der Waals surface area contributed by atoms with Crippen LogP contribution in [-0.2, 0) is 0 Å². The number of aromatic nitrogens is 1. The van der Waals surface area contributed by atoms with Gasteiger partial charge < -0.3 is 5.43 Å². The Labute approximate surface area is 67.8 Å². The molecule has 0 atom stereocenters. The summed E-state index contributed by atoms with van der Waals surface area (Å²) >= 11 is 1.68. The Morgan fingerprint density at radius 2 is 2.27 bits per heavy atom. The van der Waals surface area contributed by atoms with E-state index in [0.29, 0.717) is 5.82 Å². The highest BCUT2D eigenvalue weighted by atomic mass is 32.1. The van der Waals surface area contributed by atoms with Crippen LogP contribution < -0.4 is 11.3 Å². The molecule has 11 heavy (non-hydrogen) atoms. The SMILES string of the molecule is NNc1ccc2sccc2n1. The first-order valence-corrected chi connectivity index (χ1v) is 4.09. The topological polar surface area (TPSA) is 50.9 Å². The average molecular weight is 165 g/mol. The predicted molar refractivity (Wildman–Crippen MR) is 47.4 cm³/mol. The van der Waals surface area contributed by atoms with Gasteiger partial charge in [0.15, 0.2) is 0 Å². The zero-order valence-corrected chi connectivity index (χ0v) is 6.56. The number of nitrogens with one attached hydrogen (secondary N) is 1. The molecule has 2 aromatic rings. The summed E-state index contributed by atoms with van der Waals surface area (Å²) < 4.78 is 1.18. The molecule has 0 aromatic carbocycles.